The van der Waals surface area contributed by atoms with Crippen LogP contribution in [0.5, 0.6) is 0 Å². The van der Waals surface area contributed by atoms with Gasteiger partial charge in [0.25, 0.3) is 5.91 Å². The molecule has 0 aliphatic carbocycles. The zero-order valence-electron chi connectivity index (χ0n) is 15.5. The summed E-state index contributed by atoms with van der Waals surface area (Å²) in [6.45, 7) is 4.14. The third kappa shape index (κ3) is 4.82. The lowest BCUT2D eigenvalue weighted by molar-refractivity contribution is -0.119. The fourth-order valence-corrected chi connectivity index (χ4v) is 3.37. The van der Waals surface area contributed by atoms with Crippen molar-refractivity contribution in [1.82, 2.24) is 9.99 Å². The molecule has 0 bridgehead atoms. The normalized spacial score (nSPS) is 11.0. The van der Waals surface area contributed by atoms with E-state index < -0.39 is 0 Å². The van der Waals surface area contributed by atoms with Crippen LogP contribution in [0.3, 0.4) is 0 Å². The fraction of sp³-hybridized carbons (Fsp3) is 0.143. The number of carbonyl (C=O) groups is 1. The first kappa shape index (κ1) is 20.2. The maximum absolute atomic E-state index is 12.0. The molecule has 3 rings (SSSR count). The Morgan fingerprint density at radius 3 is 2.61 bits per heavy atom. The molecule has 3 aromatic rings. The Kier molecular flexibility index (Phi) is 6.54. The summed E-state index contributed by atoms with van der Waals surface area (Å²) >= 11 is 9.71. The van der Waals surface area contributed by atoms with Crippen LogP contribution in [0.2, 0.25) is 5.02 Å². The van der Waals surface area contributed by atoms with E-state index in [1.165, 1.54) is 0 Å². The van der Waals surface area contributed by atoms with Crippen LogP contribution < -0.4 is 10.7 Å². The van der Waals surface area contributed by atoms with E-state index in [1.807, 2.05) is 68.4 Å². The number of halogens is 2. The van der Waals surface area contributed by atoms with E-state index in [9.17, 15) is 4.79 Å². The average molecular weight is 460 g/mol. The molecule has 0 atom stereocenters. The first-order chi connectivity index (χ1) is 13.5. The summed E-state index contributed by atoms with van der Waals surface area (Å²) in [5.41, 5.74) is 7.28. The van der Waals surface area contributed by atoms with E-state index in [0.29, 0.717) is 5.02 Å². The highest BCUT2D eigenvalue weighted by Crippen LogP contribution is 2.25. The van der Waals surface area contributed by atoms with E-state index in [2.05, 4.69) is 36.3 Å². The van der Waals surface area contributed by atoms with Crippen molar-refractivity contribution in [3.63, 3.8) is 0 Å². The van der Waals surface area contributed by atoms with Crippen molar-refractivity contribution < 1.29 is 4.79 Å². The second kappa shape index (κ2) is 9.08. The summed E-state index contributed by atoms with van der Waals surface area (Å²) in [7, 11) is 0. The van der Waals surface area contributed by atoms with Gasteiger partial charge in [-0.1, -0.05) is 39.7 Å². The zero-order chi connectivity index (χ0) is 20.1. The third-order valence-corrected chi connectivity index (χ3v) is 5.10. The number of para-hydroxylation sites is 1. The number of hydrogen-bond acceptors (Lipinski definition) is 3. The summed E-state index contributed by atoms with van der Waals surface area (Å²) in [5.74, 6) is -0.223. The Bertz CT molecular complexity index is 1010. The van der Waals surface area contributed by atoms with Crippen molar-refractivity contribution in [2.24, 2.45) is 5.10 Å². The van der Waals surface area contributed by atoms with Crippen molar-refractivity contribution >= 4 is 45.3 Å². The van der Waals surface area contributed by atoms with Crippen LogP contribution in [0.15, 0.2) is 64.2 Å². The number of aromatic nitrogens is 1. The van der Waals surface area contributed by atoms with E-state index >= 15 is 0 Å². The van der Waals surface area contributed by atoms with Crippen LogP contribution in [0, 0.1) is 13.8 Å². The van der Waals surface area contributed by atoms with Crippen molar-refractivity contribution in [1.29, 1.82) is 0 Å². The molecule has 1 amide bonds. The van der Waals surface area contributed by atoms with E-state index in [4.69, 9.17) is 11.6 Å². The second-order valence-electron chi connectivity index (χ2n) is 6.27. The summed E-state index contributed by atoms with van der Waals surface area (Å²) in [4.78, 5) is 12.0. The molecule has 28 heavy (non-hydrogen) atoms. The Balaban J connectivity index is 1.63. The van der Waals surface area contributed by atoms with Gasteiger partial charge in [-0.15, -0.1) is 0 Å². The lowest BCUT2D eigenvalue weighted by atomic mass is 10.2. The van der Waals surface area contributed by atoms with Crippen LogP contribution in [-0.4, -0.2) is 23.2 Å². The molecule has 5 nitrogen and oxygen atoms in total. The van der Waals surface area contributed by atoms with Gasteiger partial charge in [0.15, 0.2) is 0 Å². The summed E-state index contributed by atoms with van der Waals surface area (Å²) < 4.78 is 3.06. The van der Waals surface area contributed by atoms with E-state index in [1.54, 1.807) is 6.21 Å². The predicted octanol–water partition coefficient (Wildman–Crippen LogP) is 5.07. The molecule has 0 saturated heterocycles. The second-order valence-corrected chi connectivity index (χ2v) is 7.59. The highest BCUT2D eigenvalue weighted by atomic mass is 79.9. The van der Waals surface area contributed by atoms with Gasteiger partial charge >= 0.3 is 0 Å². The molecular weight excluding hydrogens is 440 g/mol. The smallest absolute Gasteiger partial charge is 0.259 e. The highest BCUT2D eigenvalue weighted by molar-refractivity contribution is 9.10. The lowest BCUT2D eigenvalue weighted by Crippen LogP contribution is -2.25. The molecule has 0 fully saturated rings. The van der Waals surface area contributed by atoms with Gasteiger partial charge in [-0.25, -0.2) is 5.43 Å². The van der Waals surface area contributed by atoms with Crippen molar-refractivity contribution in [3.05, 3.63) is 81.0 Å². The molecule has 2 N–H and O–H groups in total. The molecule has 0 saturated carbocycles. The molecule has 0 unspecified atom stereocenters. The van der Waals surface area contributed by atoms with Gasteiger partial charge in [-0.3, -0.25) is 4.79 Å². The van der Waals surface area contributed by atoms with Crippen molar-refractivity contribution in [3.8, 4) is 5.69 Å². The SMILES string of the molecule is Cc1cc(C=NNC(=O)CNc2ccc(Br)cc2)c(C)n1-c1ccccc1Cl. The molecule has 1 heterocycles. The minimum absolute atomic E-state index is 0.137. The van der Waals surface area contributed by atoms with E-state index in [0.717, 1.165) is 32.8 Å². The van der Waals surface area contributed by atoms with Crippen LogP contribution in [0.4, 0.5) is 5.69 Å². The number of nitrogens with one attached hydrogen (secondary N) is 2. The van der Waals surface area contributed by atoms with Crippen LogP contribution in [0.1, 0.15) is 17.0 Å². The van der Waals surface area contributed by atoms with Gasteiger partial charge in [-0.05, 0) is 56.3 Å². The first-order valence-electron chi connectivity index (χ1n) is 8.71. The van der Waals surface area contributed by atoms with Gasteiger partial charge in [0.1, 0.15) is 0 Å². The largest absolute Gasteiger partial charge is 0.376 e. The molecule has 0 radical (unpaired) electrons. The number of benzene rings is 2. The zero-order valence-corrected chi connectivity index (χ0v) is 17.9. The molecule has 0 spiro atoms. The number of anilines is 1. The summed E-state index contributed by atoms with van der Waals surface area (Å²) in [5, 5.41) is 7.81. The van der Waals surface area contributed by atoms with Gasteiger partial charge in [0, 0.05) is 27.1 Å². The number of carbonyl (C=O) groups excluding carboxylic acids is 1. The maximum Gasteiger partial charge on any atom is 0.259 e. The molecular formula is C21H20BrClN4O. The molecule has 144 valence electrons. The Labute approximate surface area is 177 Å². The predicted molar refractivity (Wildman–Crippen MR) is 119 cm³/mol. The minimum atomic E-state index is -0.223. The number of rotatable bonds is 6. The molecule has 2 aromatic carbocycles. The highest BCUT2D eigenvalue weighted by Gasteiger charge is 2.11. The first-order valence-corrected chi connectivity index (χ1v) is 9.88. The number of amides is 1. The minimum Gasteiger partial charge on any atom is -0.376 e. The van der Waals surface area contributed by atoms with Crippen molar-refractivity contribution in [2.45, 2.75) is 13.8 Å². The summed E-state index contributed by atoms with van der Waals surface area (Å²) in [6.07, 6.45) is 1.65. The Hall–Kier alpha value is -2.57. The van der Waals surface area contributed by atoms with Crippen molar-refractivity contribution in [2.75, 3.05) is 11.9 Å². The topological polar surface area (TPSA) is 58.4 Å². The van der Waals surface area contributed by atoms with Crippen LogP contribution in [0.25, 0.3) is 5.69 Å². The number of aryl methyl sites for hydroxylation is 1. The average Bonchev–Trinajstić information content (AvgIpc) is 2.95. The Morgan fingerprint density at radius 2 is 1.89 bits per heavy atom. The number of hydrogen-bond donors (Lipinski definition) is 2. The van der Waals surface area contributed by atoms with Gasteiger partial charge in [0.2, 0.25) is 0 Å². The molecule has 1 aromatic heterocycles. The van der Waals surface area contributed by atoms with Gasteiger partial charge in [-0.2, -0.15) is 5.10 Å². The summed E-state index contributed by atoms with van der Waals surface area (Å²) in [6, 6.07) is 17.3. The van der Waals surface area contributed by atoms with Gasteiger partial charge < -0.3 is 9.88 Å². The molecule has 7 heteroatoms. The van der Waals surface area contributed by atoms with E-state index in [-0.39, 0.29) is 12.5 Å². The van der Waals surface area contributed by atoms with Crippen LogP contribution >= 0.6 is 27.5 Å². The van der Waals surface area contributed by atoms with Crippen LogP contribution in [-0.2, 0) is 4.79 Å². The standard InChI is InChI=1S/C21H20BrClN4O/c1-14-11-16(15(2)27(14)20-6-4-3-5-19(20)23)12-25-26-21(28)13-24-18-9-7-17(22)8-10-18/h3-12,24H,13H2,1-2H3,(H,26,28). The Morgan fingerprint density at radius 1 is 1.18 bits per heavy atom. The fourth-order valence-electron chi connectivity index (χ4n) is 2.89. The monoisotopic (exact) mass is 458 g/mol. The quantitative estimate of drug-likeness (QED) is 0.399. The number of nitrogens with zero attached hydrogens (tertiary/aromatic N) is 2. The molecule has 0 aliphatic rings. The maximum atomic E-state index is 12.0. The lowest BCUT2D eigenvalue weighted by Gasteiger charge is -2.11. The molecule has 0 aliphatic heterocycles. The number of hydrazone groups is 1. The third-order valence-electron chi connectivity index (χ3n) is 4.25. The van der Waals surface area contributed by atoms with Gasteiger partial charge in [0.05, 0.1) is 23.5 Å².